The first-order valence-electron chi connectivity index (χ1n) is 6.22. The third kappa shape index (κ3) is 1.97. The van der Waals surface area contributed by atoms with Gasteiger partial charge < -0.3 is 0 Å². The van der Waals surface area contributed by atoms with Crippen LogP contribution in [0.25, 0.3) is 6.08 Å². The number of carbonyl (C=O) groups excluding carboxylic acids is 3. The molecule has 1 atom stereocenters. The molecule has 0 aromatic heterocycles. The zero-order valence-electron chi connectivity index (χ0n) is 11.3. The molecule has 0 bridgehead atoms. The monoisotopic (exact) mass is 292 g/mol. The van der Waals surface area contributed by atoms with Crippen LogP contribution in [0, 0.1) is 0 Å². The maximum absolute atomic E-state index is 12.2. The molecule has 0 saturated carbocycles. The van der Waals surface area contributed by atoms with Crippen LogP contribution >= 0.6 is 0 Å². The predicted molar refractivity (Wildman–Crippen MR) is 70.3 cm³/mol. The second kappa shape index (κ2) is 4.99. The number of benzene rings is 1. The second-order valence-corrected chi connectivity index (χ2v) is 11.7. The Morgan fingerprint density at radius 2 is 1.47 bits per heavy atom. The van der Waals surface area contributed by atoms with E-state index in [0.717, 1.165) is 11.1 Å². The summed E-state index contributed by atoms with van der Waals surface area (Å²) in [5, 5.41) is 0. The van der Waals surface area contributed by atoms with Gasteiger partial charge in [0, 0.05) is 0 Å². The van der Waals surface area contributed by atoms with E-state index in [1.807, 2.05) is 36.4 Å². The molecule has 0 saturated heterocycles. The molecule has 0 N–H and O–H groups in total. The molecule has 2 rings (SSSR count). The third-order valence-corrected chi connectivity index (χ3v) is 11.4. The Morgan fingerprint density at radius 3 is 2.00 bits per heavy atom. The number of hydrogen-bond acceptors (Lipinski definition) is 3. The van der Waals surface area contributed by atoms with Crippen molar-refractivity contribution < 1.29 is 31.0 Å². The Kier molecular flexibility index (Phi) is 3.70. The summed E-state index contributed by atoms with van der Waals surface area (Å²) in [6, 6.07) is 7.65. The molecule has 0 spiro atoms. The molecule has 1 aromatic rings. The average Bonchev–Trinajstić information content (AvgIpc) is 2.73. The predicted octanol–water partition coefficient (Wildman–Crippen LogP) is 2.55. The quantitative estimate of drug-likeness (QED) is 0.801. The minimum absolute atomic E-state index is 0.202. The van der Waals surface area contributed by atoms with Gasteiger partial charge in [-0.3, -0.25) is 0 Å². The number of fused-ring (bicyclic) bond motifs is 1. The van der Waals surface area contributed by atoms with Crippen molar-refractivity contribution in [1.82, 2.24) is 0 Å². The Bertz CT molecular complexity index is 565. The van der Waals surface area contributed by atoms with Gasteiger partial charge in [0.15, 0.2) is 0 Å². The van der Waals surface area contributed by atoms with Crippen molar-refractivity contribution in [3.05, 3.63) is 41.5 Å². The number of rotatable bonds is 4. The van der Waals surface area contributed by atoms with Crippen LogP contribution < -0.4 is 0 Å². The Hall–Kier alpha value is -1.32. The Labute approximate surface area is 116 Å². The van der Waals surface area contributed by atoms with Crippen molar-refractivity contribution in [3.63, 3.8) is 0 Å². The fourth-order valence-electron chi connectivity index (χ4n) is 3.03. The van der Waals surface area contributed by atoms with Gasteiger partial charge in [-0.25, -0.2) is 0 Å². The number of carbonyl (C=O) groups is 3. The molecule has 0 amide bonds. The van der Waals surface area contributed by atoms with E-state index < -0.39 is 16.6 Å². The Balaban J connectivity index is 2.66. The van der Waals surface area contributed by atoms with Crippen LogP contribution in [0.3, 0.4) is 0 Å². The molecule has 19 heavy (non-hydrogen) atoms. The molecule has 0 heterocycles. The van der Waals surface area contributed by atoms with E-state index in [1.54, 1.807) is 0 Å². The SMILES string of the molecule is C[C](=O)[Ti]([C](C)=O)([C](C)=O)[CH]1C=Cc2ccccc21. The summed E-state index contributed by atoms with van der Waals surface area (Å²) >= 11 is -3.97. The van der Waals surface area contributed by atoms with E-state index >= 15 is 0 Å². The van der Waals surface area contributed by atoms with Crippen molar-refractivity contribution in [2.24, 2.45) is 0 Å². The molecule has 3 nitrogen and oxygen atoms in total. The van der Waals surface area contributed by atoms with Gasteiger partial charge in [-0.05, 0) is 0 Å². The first-order chi connectivity index (χ1) is 8.92. The zero-order valence-corrected chi connectivity index (χ0v) is 12.8. The van der Waals surface area contributed by atoms with Crippen molar-refractivity contribution in [2.45, 2.75) is 25.0 Å². The van der Waals surface area contributed by atoms with Gasteiger partial charge in [0.2, 0.25) is 0 Å². The van der Waals surface area contributed by atoms with E-state index in [2.05, 4.69) is 0 Å². The van der Waals surface area contributed by atoms with E-state index in [0.29, 0.717) is 0 Å². The summed E-state index contributed by atoms with van der Waals surface area (Å²) in [6.45, 7) is 4.20. The molecule has 1 unspecified atom stereocenters. The molecule has 1 aliphatic carbocycles. The molecule has 0 radical (unpaired) electrons. The standard InChI is InChI=1S/C9H7.3C2H3O.Ti/c1-2-5-9-7-3-6-8(9)4-1;3*1-2-3;/h1-7H;3*1H3;. The zero-order chi connectivity index (χ0) is 14.2. The fraction of sp³-hybridized carbons (Fsp3) is 0.267. The van der Waals surface area contributed by atoms with E-state index in [9.17, 15) is 14.4 Å². The van der Waals surface area contributed by atoms with Crippen LogP contribution in [0.15, 0.2) is 30.3 Å². The average molecular weight is 292 g/mol. The summed E-state index contributed by atoms with van der Waals surface area (Å²) in [4.78, 5) is 36.5. The first kappa shape index (κ1) is 14.1. The van der Waals surface area contributed by atoms with Crippen LogP contribution in [-0.4, -0.2) is 12.3 Å². The topological polar surface area (TPSA) is 51.2 Å². The van der Waals surface area contributed by atoms with E-state index in [-0.39, 0.29) is 16.5 Å². The fourth-order valence-corrected chi connectivity index (χ4v) is 9.14. The van der Waals surface area contributed by atoms with E-state index in [1.165, 1.54) is 20.8 Å². The number of hydrogen-bond donors (Lipinski definition) is 0. The van der Waals surface area contributed by atoms with E-state index in [4.69, 9.17) is 0 Å². The van der Waals surface area contributed by atoms with Gasteiger partial charge in [-0.15, -0.1) is 0 Å². The second-order valence-electron chi connectivity index (χ2n) is 4.94. The van der Waals surface area contributed by atoms with Crippen LogP contribution in [0.4, 0.5) is 0 Å². The van der Waals surface area contributed by atoms with Gasteiger partial charge in [0.1, 0.15) is 0 Å². The van der Waals surface area contributed by atoms with Gasteiger partial charge in [0.25, 0.3) is 0 Å². The normalized spacial score (nSPS) is 17.1. The summed E-state index contributed by atoms with van der Waals surface area (Å²) in [7, 11) is 0. The third-order valence-electron chi connectivity index (χ3n) is 3.93. The maximum atomic E-state index is 12.2. The van der Waals surface area contributed by atoms with Gasteiger partial charge >= 0.3 is 116 Å². The summed E-state index contributed by atoms with van der Waals surface area (Å²) < 4.78 is -0.909. The van der Waals surface area contributed by atoms with Crippen LogP contribution in [-0.2, 0) is 31.0 Å². The summed E-state index contributed by atoms with van der Waals surface area (Å²) in [6.07, 6.45) is 3.78. The summed E-state index contributed by atoms with van der Waals surface area (Å²) in [5.74, 6) is 0. The Morgan fingerprint density at radius 1 is 0.947 bits per heavy atom. The van der Waals surface area contributed by atoms with Crippen molar-refractivity contribution >= 4 is 18.3 Å². The molecule has 0 fully saturated rings. The van der Waals surface area contributed by atoms with Gasteiger partial charge in [-0.2, -0.15) is 0 Å². The molecular formula is C15H16O3Ti. The summed E-state index contributed by atoms with van der Waals surface area (Å²) in [5.41, 5.74) is 1.95. The molecule has 0 aliphatic heterocycles. The molecular weight excluding hydrogens is 276 g/mol. The minimum atomic E-state index is -3.97. The van der Waals surface area contributed by atoms with Crippen molar-refractivity contribution in [2.75, 3.05) is 0 Å². The van der Waals surface area contributed by atoms with Crippen LogP contribution in [0.2, 0.25) is 0 Å². The van der Waals surface area contributed by atoms with Gasteiger partial charge in [0.05, 0.1) is 0 Å². The number of allylic oxidation sites excluding steroid dienone is 1. The van der Waals surface area contributed by atoms with Crippen molar-refractivity contribution in [1.29, 1.82) is 0 Å². The van der Waals surface area contributed by atoms with Crippen LogP contribution in [0.1, 0.15) is 36.1 Å². The van der Waals surface area contributed by atoms with Crippen LogP contribution in [0.5, 0.6) is 0 Å². The van der Waals surface area contributed by atoms with Crippen molar-refractivity contribution in [3.8, 4) is 0 Å². The van der Waals surface area contributed by atoms with Gasteiger partial charge in [-0.1, -0.05) is 0 Å². The molecule has 4 heteroatoms. The molecule has 98 valence electrons. The molecule has 1 aromatic carbocycles. The molecule has 1 aliphatic rings. The first-order valence-corrected chi connectivity index (χ1v) is 9.47.